The van der Waals surface area contributed by atoms with Crippen LogP contribution in [0.1, 0.15) is 37.8 Å². The van der Waals surface area contributed by atoms with E-state index >= 15 is 0 Å². The molecule has 6 heterocycles. The van der Waals surface area contributed by atoms with Crippen LogP contribution in [0.2, 0.25) is 5.02 Å². The Morgan fingerprint density at radius 3 is 2.64 bits per heavy atom. The van der Waals surface area contributed by atoms with Crippen molar-refractivity contribution in [3.63, 3.8) is 0 Å². The van der Waals surface area contributed by atoms with Crippen LogP contribution in [0.15, 0.2) is 42.6 Å². The van der Waals surface area contributed by atoms with Crippen molar-refractivity contribution in [2.75, 3.05) is 54.9 Å². The van der Waals surface area contributed by atoms with E-state index in [0.717, 1.165) is 48.7 Å². The molecular formula is C31H35ClN10O3. The van der Waals surface area contributed by atoms with E-state index in [1.54, 1.807) is 12.3 Å². The Labute approximate surface area is 266 Å². The highest BCUT2D eigenvalue weighted by Crippen LogP contribution is 2.32. The molecule has 3 aliphatic rings. The van der Waals surface area contributed by atoms with Crippen LogP contribution < -0.4 is 20.9 Å². The maximum absolute atomic E-state index is 12.1. The lowest BCUT2D eigenvalue weighted by Gasteiger charge is -2.32. The molecule has 3 aromatic heterocycles. The second-order valence-corrected chi connectivity index (χ2v) is 12.1. The number of urea groups is 1. The molecular weight excluding hydrogens is 596 g/mol. The third-order valence-corrected chi connectivity index (χ3v) is 8.84. The van der Waals surface area contributed by atoms with Crippen LogP contribution in [0.4, 0.5) is 22.2 Å². The molecule has 3 aliphatic heterocycles. The third kappa shape index (κ3) is 7.47. The molecule has 3 fully saturated rings. The number of hydrogen-bond acceptors (Lipinski definition) is 11. The van der Waals surface area contributed by atoms with E-state index in [-0.39, 0.29) is 18.4 Å². The van der Waals surface area contributed by atoms with Gasteiger partial charge in [0.05, 0.1) is 27.9 Å². The summed E-state index contributed by atoms with van der Waals surface area (Å²) < 4.78 is 5.44. The highest BCUT2D eigenvalue weighted by Gasteiger charge is 2.32. The number of carbonyl (C=O) groups excluding carboxylic acids is 2. The summed E-state index contributed by atoms with van der Waals surface area (Å²) in [6.45, 7) is 4.42. The first kappa shape index (κ1) is 30.6. The lowest BCUT2D eigenvalue weighted by Crippen LogP contribution is -2.50. The van der Waals surface area contributed by atoms with Gasteiger partial charge in [-0.15, -0.1) is 5.10 Å². The van der Waals surface area contributed by atoms with Gasteiger partial charge in [-0.05, 0) is 56.0 Å². The summed E-state index contributed by atoms with van der Waals surface area (Å²) in [6, 6.07) is 13.6. The number of amides is 3. The molecule has 14 heteroatoms. The number of pyridine rings is 2. The van der Waals surface area contributed by atoms with Crippen LogP contribution in [-0.2, 0) is 16.1 Å². The molecule has 234 valence electrons. The zero-order chi connectivity index (χ0) is 31.2. The van der Waals surface area contributed by atoms with Gasteiger partial charge in [-0.1, -0.05) is 17.7 Å². The molecule has 0 saturated carbocycles. The SMILES string of the molecule is N#CC1(CNc2cccc(-c3cc(NC4CCN(Cc5ccc(N6CCC(=O)NC6=O)nn5)CC4)ncc3Cl)n2)CCOCC1. The normalized spacial score (nSPS) is 19.1. The van der Waals surface area contributed by atoms with Gasteiger partial charge in [0, 0.05) is 70.2 Å². The second kappa shape index (κ2) is 13.7. The predicted octanol–water partition coefficient (Wildman–Crippen LogP) is 3.84. The Morgan fingerprint density at radius 2 is 1.91 bits per heavy atom. The van der Waals surface area contributed by atoms with Crippen LogP contribution in [0.5, 0.6) is 0 Å². The quantitative estimate of drug-likeness (QED) is 0.315. The first-order valence-electron chi connectivity index (χ1n) is 15.2. The van der Waals surface area contributed by atoms with Crippen molar-refractivity contribution in [3.8, 4) is 17.3 Å². The Bertz CT molecular complexity index is 1570. The minimum Gasteiger partial charge on any atom is -0.381 e. The monoisotopic (exact) mass is 630 g/mol. The van der Waals surface area contributed by atoms with Crippen LogP contribution >= 0.6 is 11.6 Å². The standard InChI is InChI=1S/C31H35ClN10O3/c32-24-17-34-27(16-23(24)25-2-1-3-26(37-25)35-20-31(19-33)9-14-45-15-10-31)36-21-6-11-41(12-7-21)18-22-4-5-28(40-39-22)42-13-8-29(43)38-30(42)44/h1-5,16-17,21H,6-15,18,20H2,(H,34,36)(H,35,37)(H,38,43,44). The molecule has 3 N–H and O–H groups in total. The fourth-order valence-corrected chi connectivity index (χ4v) is 5.98. The van der Waals surface area contributed by atoms with Gasteiger partial charge in [-0.2, -0.15) is 10.4 Å². The summed E-state index contributed by atoms with van der Waals surface area (Å²) in [4.78, 5) is 36.5. The first-order chi connectivity index (χ1) is 21.9. The molecule has 0 aliphatic carbocycles. The maximum Gasteiger partial charge on any atom is 0.329 e. The number of imide groups is 1. The fraction of sp³-hybridized carbons (Fsp3) is 0.452. The number of nitrogens with zero attached hydrogens (tertiary/aromatic N) is 7. The van der Waals surface area contributed by atoms with Gasteiger partial charge in [-0.25, -0.2) is 14.8 Å². The van der Waals surface area contributed by atoms with E-state index in [0.29, 0.717) is 62.3 Å². The number of likely N-dealkylation sites (tertiary alicyclic amines) is 1. The van der Waals surface area contributed by atoms with E-state index < -0.39 is 11.4 Å². The molecule has 6 rings (SSSR count). The molecule has 45 heavy (non-hydrogen) atoms. The smallest absolute Gasteiger partial charge is 0.329 e. The molecule has 3 amide bonds. The number of piperidine rings is 1. The first-order valence-corrected chi connectivity index (χ1v) is 15.6. The van der Waals surface area contributed by atoms with Gasteiger partial charge in [0.15, 0.2) is 5.82 Å². The van der Waals surface area contributed by atoms with Gasteiger partial charge in [0.2, 0.25) is 5.91 Å². The zero-order valence-electron chi connectivity index (χ0n) is 24.8. The maximum atomic E-state index is 12.1. The van der Waals surface area contributed by atoms with E-state index in [2.05, 4.69) is 42.1 Å². The molecule has 0 bridgehead atoms. The van der Waals surface area contributed by atoms with E-state index in [4.69, 9.17) is 21.3 Å². The average Bonchev–Trinajstić information content (AvgIpc) is 3.07. The van der Waals surface area contributed by atoms with E-state index in [1.807, 2.05) is 30.3 Å². The van der Waals surface area contributed by atoms with Crippen molar-refractivity contribution in [2.24, 2.45) is 5.41 Å². The van der Waals surface area contributed by atoms with Crippen LogP contribution in [0.3, 0.4) is 0 Å². The lowest BCUT2D eigenvalue weighted by molar-refractivity contribution is -0.120. The number of rotatable bonds is 9. The number of nitrogens with one attached hydrogen (secondary N) is 3. The Kier molecular flexibility index (Phi) is 9.34. The summed E-state index contributed by atoms with van der Waals surface area (Å²) in [5, 5.41) is 28.0. The minimum absolute atomic E-state index is 0.244. The summed E-state index contributed by atoms with van der Waals surface area (Å²) >= 11 is 6.57. The van der Waals surface area contributed by atoms with Crippen molar-refractivity contribution < 1.29 is 14.3 Å². The fourth-order valence-electron chi connectivity index (χ4n) is 5.78. The van der Waals surface area contributed by atoms with Gasteiger partial charge < -0.3 is 15.4 Å². The molecule has 3 saturated heterocycles. The highest BCUT2D eigenvalue weighted by molar-refractivity contribution is 6.33. The van der Waals surface area contributed by atoms with Crippen molar-refractivity contribution in [1.82, 2.24) is 30.4 Å². The van der Waals surface area contributed by atoms with Gasteiger partial charge in [0.1, 0.15) is 11.6 Å². The van der Waals surface area contributed by atoms with Gasteiger partial charge >= 0.3 is 6.03 Å². The topological polar surface area (TPSA) is 161 Å². The molecule has 0 atom stereocenters. The Balaban J connectivity index is 1.02. The highest BCUT2D eigenvalue weighted by atomic mass is 35.5. The largest absolute Gasteiger partial charge is 0.381 e. The Morgan fingerprint density at radius 1 is 1.09 bits per heavy atom. The predicted molar refractivity (Wildman–Crippen MR) is 169 cm³/mol. The lowest BCUT2D eigenvalue weighted by atomic mass is 9.82. The Hall–Kier alpha value is -4.38. The van der Waals surface area contributed by atoms with Crippen LogP contribution in [0.25, 0.3) is 11.3 Å². The number of anilines is 3. The number of hydrogen-bond donors (Lipinski definition) is 3. The molecule has 0 unspecified atom stereocenters. The van der Waals surface area contributed by atoms with Gasteiger partial charge in [-0.3, -0.25) is 19.9 Å². The number of halogens is 1. The van der Waals surface area contributed by atoms with E-state index in [9.17, 15) is 14.9 Å². The molecule has 0 spiro atoms. The van der Waals surface area contributed by atoms with Crippen molar-refractivity contribution in [1.29, 1.82) is 5.26 Å². The number of carbonyl (C=O) groups is 2. The second-order valence-electron chi connectivity index (χ2n) is 11.6. The summed E-state index contributed by atoms with van der Waals surface area (Å²) in [5.74, 6) is 1.58. The number of nitriles is 1. The zero-order valence-corrected chi connectivity index (χ0v) is 25.6. The molecule has 13 nitrogen and oxygen atoms in total. The average molecular weight is 631 g/mol. The molecule has 0 radical (unpaired) electrons. The summed E-state index contributed by atoms with van der Waals surface area (Å²) in [6.07, 6.45) is 5.15. The van der Waals surface area contributed by atoms with Crippen molar-refractivity contribution >= 4 is 41.0 Å². The number of ether oxygens (including phenoxy) is 1. The number of aromatic nitrogens is 4. The van der Waals surface area contributed by atoms with Gasteiger partial charge in [0.25, 0.3) is 0 Å². The molecule has 0 aromatic carbocycles. The third-order valence-electron chi connectivity index (χ3n) is 8.54. The summed E-state index contributed by atoms with van der Waals surface area (Å²) in [5.41, 5.74) is 1.88. The minimum atomic E-state index is -0.470. The summed E-state index contributed by atoms with van der Waals surface area (Å²) in [7, 11) is 0. The van der Waals surface area contributed by atoms with Crippen molar-refractivity contribution in [3.05, 3.63) is 53.3 Å². The van der Waals surface area contributed by atoms with Crippen LogP contribution in [0, 0.1) is 16.7 Å². The van der Waals surface area contributed by atoms with Crippen LogP contribution in [-0.4, -0.2) is 82.4 Å². The van der Waals surface area contributed by atoms with Crippen molar-refractivity contribution in [2.45, 2.75) is 44.7 Å². The van der Waals surface area contributed by atoms with E-state index in [1.165, 1.54) is 4.90 Å². The molecule has 3 aromatic rings.